The Morgan fingerprint density at radius 1 is 1.35 bits per heavy atom. The van der Waals surface area contributed by atoms with Gasteiger partial charge in [-0.25, -0.2) is 13.1 Å². The van der Waals surface area contributed by atoms with Crippen LogP contribution in [0, 0.1) is 24.0 Å². The van der Waals surface area contributed by atoms with Gasteiger partial charge in [-0.2, -0.15) is 5.10 Å². The molecule has 11 heteroatoms. The van der Waals surface area contributed by atoms with Crippen LogP contribution in [0.3, 0.4) is 0 Å². The van der Waals surface area contributed by atoms with Gasteiger partial charge in [0, 0.05) is 6.54 Å². The fraction of sp³-hybridized carbons (Fsp3) is 0.333. The molecule has 0 aliphatic carbocycles. The van der Waals surface area contributed by atoms with Crippen molar-refractivity contribution in [2.75, 3.05) is 7.05 Å². The molecule has 1 heterocycles. The summed E-state index contributed by atoms with van der Waals surface area (Å²) in [6.45, 7) is 2.98. The first kappa shape index (κ1) is 19.5. The first-order valence-electron chi connectivity index (χ1n) is 7.63. The first-order valence-corrected chi connectivity index (χ1v) is 9.11. The summed E-state index contributed by atoms with van der Waals surface area (Å²) in [5.41, 5.74) is 1.03. The third kappa shape index (κ3) is 4.24. The second-order valence-corrected chi connectivity index (χ2v) is 7.45. The van der Waals surface area contributed by atoms with Crippen LogP contribution in [0.2, 0.25) is 0 Å². The molecule has 2 aromatic rings. The zero-order valence-electron chi connectivity index (χ0n) is 14.5. The topological polar surface area (TPSA) is 136 Å². The maximum Gasteiger partial charge on any atom is 0.312 e. The number of nitro groups is 1. The Hall–Kier alpha value is -2.79. The van der Waals surface area contributed by atoms with Crippen LogP contribution in [0.4, 0.5) is 5.69 Å². The Bertz CT molecular complexity index is 951. The monoisotopic (exact) mass is 381 g/mol. The van der Waals surface area contributed by atoms with Crippen molar-refractivity contribution >= 4 is 21.6 Å². The zero-order chi connectivity index (χ0) is 19.5. The van der Waals surface area contributed by atoms with Crippen LogP contribution >= 0.6 is 0 Å². The van der Waals surface area contributed by atoms with E-state index in [0.29, 0.717) is 11.3 Å². The summed E-state index contributed by atoms with van der Waals surface area (Å²) in [4.78, 5) is 22.7. The standard InChI is InChI=1S/C15H19N5O5S/c1-10-15(20(22)23)11(2)19(18-10)9-14(21)17-8-12-5-4-6-13(7-12)26(24,25)16-3/h4-7,16H,8-9H2,1-3H3,(H,17,21). The molecule has 0 spiro atoms. The van der Waals surface area contributed by atoms with E-state index >= 15 is 0 Å². The number of amides is 1. The Morgan fingerprint density at radius 3 is 2.62 bits per heavy atom. The second-order valence-electron chi connectivity index (χ2n) is 5.57. The first-order chi connectivity index (χ1) is 12.2. The third-order valence-corrected chi connectivity index (χ3v) is 5.20. The number of aromatic nitrogens is 2. The normalized spacial score (nSPS) is 11.3. The van der Waals surface area contributed by atoms with Crippen LogP contribution in [0.1, 0.15) is 17.0 Å². The highest BCUT2D eigenvalue weighted by molar-refractivity contribution is 7.89. The number of hydrogen-bond acceptors (Lipinski definition) is 6. The van der Waals surface area contributed by atoms with Gasteiger partial charge in [0.25, 0.3) is 0 Å². The fourth-order valence-corrected chi connectivity index (χ4v) is 3.24. The average Bonchev–Trinajstić information content (AvgIpc) is 2.87. The van der Waals surface area contributed by atoms with E-state index in [1.807, 2.05) is 0 Å². The van der Waals surface area contributed by atoms with Gasteiger partial charge in [0.15, 0.2) is 0 Å². The molecule has 26 heavy (non-hydrogen) atoms. The van der Waals surface area contributed by atoms with Gasteiger partial charge in [-0.15, -0.1) is 0 Å². The summed E-state index contributed by atoms with van der Waals surface area (Å²) >= 11 is 0. The molecule has 0 fully saturated rings. The summed E-state index contributed by atoms with van der Waals surface area (Å²) in [5, 5.41) is 17.6. The third-order valence-electron chi connectivity index (χ3n) is 3.79. The van der Waals surface area contributed by atoms with Crippen LogP contribution in [-0.4, -0.2) is 36.1 Å². The minimum absolute atomic E-state index is 0.0981. The van der Waals surface area contributed by atoms with E-state index in [1.54, 1.807) is 12.1 Å². The van der Waals surface area contributed by atoms with Gasteiger partial charge in [-0.05, 0) is 38.6 Å². The zero-order valence-corrected chi connectivity index (χ0v) is 15.3. The lowest BCUT2D eigenvalue weighted by Crippen LogP contribution is -2.28. The molecule has 1 aromatic carbocycles. The van der Waals surface area contributed by atoms with Crippen LogP contribution in [0.5, 0.6) is 0 Å². The van der Waals surface area contributed by atoms with Gasteiger partial charge >= 0.3 is 5.69 Å². The molecule has 0 saturated heterocycles. The predicted molar refractivity (Wildman–Crippen MR) is 92.9 cm³/mol. The van der Waals surface area contributed by atoms with E-state index < -0.39 is 20.9 Å². The summed E-state index contributed by atoms with van der Waals surface area (Å²) < 4.78 is 27.1. The van der Waals surface area contributed by atoms with Crippen molar-refractivity contribution in [2.45, 2.75) is 31.8 Å². The molecule has 0 radical (unpaired) electrons. The van der Waals surface area contributed by atoms with Gasteiger partial charge < -0.3 is 5.32 Å². The molecule has 0 saturated carbocycles. The van der Waals surface area contributed by atoms with Crippen LogP contribution < -0.4 is 10.0 Å². The molecule has 2 rings (SSSR count). The van der Waals surface area contributed by atoms with E-state index in [4.69, 9.17) is 0 Å². The Balaban J connectivity index is 2.05. The summed E-state index contributed by atoms with van der Waals surface area (Å²) in [7, 11) is -2.25. The minimum Gasteiger partial charge on any atom is -0.350 e. The quantitative estimate of drug-likeness (QED) is 0.533. The molecule has 2 N–H and O–H groups in total. The highest BCUT2D eigenvalue weighted by Crippen LogP contribution is 2.21. The largest absolute Gasteiger partial charge is 0.350 e. The molecule has 1 aromatic heterocycles. The Kier molecular flexibility index (Phi) is 5.73. The van der Waals surface area contributed by atoms with Gasteiger partial charge in [-0.1, -0.05) is 12.1 Å². The molecule has 0 aliphatic rings. The van der Waals surface area contributed by atoms with Crippen molar-refractivity contribution in [2.24, 2.45) is 0 Å². The van der Waals surface area contributed by atoms with Crippen molar-refractivity contribution in [3.8, 4) is 0 Å². The van der Waals surface area contributed by atoms with E-state index in [-0.39, 0.29) is 29.4 Å². The number of hydrogen-bond donors (Lipinski definition) is 2. The van der Waals surface area contributed by atoms with E-state index in [1.165, 1.54) is 37.7 Å². The van der Waals surface area contributed by atoms with E-state index in [0.717, 1.165) is 0 Å². The number of rotatable bonds is 7. The molecule has 1 amide bonds. The highest BCUT2D eigenvalue weighted by Gasteiger charge is 2.22. The maximum atomic E-state index is 12.1. The number of carbonyl (C=O) groups excluding carboxylic acids is 1. The molecule has 0 bridgehead atoms. The van der Waals surface area contributed by atoms with Gasteiger partial charge in [0.1, 0.15) is 17.9 Å². The molecule has 0 aliphatic heterocycles. The SMILES string of the molecule is CNS(=O)(=O)c1cccc(CNC(=O)Cn2nc(C)c([N+](=O)[O-])c2C)c1. The smallest absolute Gasteiger partial charge is 0.312 e. The highest BCUT2D eigenvalue weighted by atomic mass is 32.2. The van der Waals surface area contributed by atoms with Crippen molar-refractivity contribution in [3.05, 3.63) is 51.3 Å². The van der Waals surface area contributed by atoms with Crippen molar-refractivity contribution in [3.63, 3.8) is 0 Å². The van der Waals surface area contributed by atoms with Crippen molar-refractivity contribution in [1.82, 2.24) is 19.8 Å². The molecule has 140 valence electrons. The van der Waals surface area contributed by atoms with E-state index in [2.05, 4.69) is 15.1 Å². The van der Waals surface area contributed by atoms with E-state index in [9.17, 15) is 23.3 Å². The lowest BCUT2D eigenvalue weighted by Gasteiger charge is -2.08. The number of nitrogens with one attached hydrogen (secondary N) is 2. The lowest BCUT2D eigenvalue weighted by molar-refractivity contribution is -0.386. The molecular weight excluding hydrogens is 362 g/mol. The Labute approximate surface area is 150 Å². The number of sulfonamides is 1. The summed E-state index contributed by atoms with van der Waals surface area (Å²) in [6.07, 6.45) is 0. The van der Waals surface area contributed by atoms with Crippen LogP contribution in [0.25, 0.3) is 0 Å². The van der Waals surface area contributed by atoms with Gasteiger partial charge in [0.05, 0.1) is 9.82 Å². The summed E-state index contributed by atoms with van der Waals surface area (Å²) in [5.74, 6) is -0.396. The molecular formula is C15H19N5O5S. The second kappa shape index (κ2) is 7.62. The number of benzene rings is 1. The van der Waals surface area contributed by atoms with Gasteiger partial charge in [0.2, 0.25) is 15.9 Å². The van der Waals surface area contributed by atoms with Gasteiger partial charge in [-0.3, -0.25) is 19.6 Å². The summed E-state index contributed by atoms with van der Waals surface area (Å²) in [6, 6.07) is 6.17. The maximum absolute atomic E-state index is 12.1. The van der Waals surface area contributed by atoms with Crippen LogP contribution in [0.15, 0.2) is 29.2 Å². The fourth-order valence-electron chi connectivity index (χ4n) is 2.44. The number of aryl methyl sites for hydroxylation is 1. The predicted octanol–water partition coefficient (Wildman–Crippen LogP) is 0.633. The number of nitrogens with zero attached hydrogens (tertiary/aromatic N) is 3. The van der Waals surface area contributed by atoms with Crippen LogP contribution in [-0.2, 0) is 27.9 Å². The molecule has 10 nitrogen and oxygen atoms in total. The van der Waals surface area contributed by atoms with Crippen molar-refractivity contribution < 1.29 is 18.1 Å². The molecule has 0 unspecified atom stereocenters. The Morgan fingerprint density at radius 2 is 2.04 bits per heavy atom. The van der Waals surface area contributed by atoms with Crippen molar-refractivity contribution in [1.29, 1.82) is 0 Å². The minimum atomic E-state index is -3.56. The lowest BCUT2D eigenvalue weighted by atomic mass is 10.2. The molecule has 0 atom stereocenters. The number of carbonyl (C=O) groups is 1. The average molecular weight is 381 g/mol.